The molecule has 2 aliphatic rings. The summed E-state index contributed by atoms with van der Waals surface area (Å²) in [6.45, 7) is 2.10. The highest BCUT2D eigenvalue weighted by atomic mass is 16.6. The number of nitro benzene ring substituents is 1. The smallest absolute Gasteiger partial charge is 0.294 e. The van der Waals surface area contributed by atoms with Gasteiger partial charge in [-0.15, -0.1) is 0 Å². The SMILES string of the molecule is O=C(COc1ccc(C2CCCCC2)cc1)Nc1ccc(N2CCOCC2)c([N+](=O)[O-])c1. The van der Waals surface area contributed by atoms with Crippen LogP contribution in [0.4, 0.5) is 17.1 Å². The molecule has 1 aliphatic heterocycles. The van der Waals surface area contributed by atoms with Crippen LogP contribution in [-0.4, -0.2) is 43.7 Å². The van der Waals surface area contributed by atoms with Crippen molar-refractivity contribution in [3.63, 3.8) is 0 Å². The van der Waals surface area contributed by atoms with Crippen molar-refractivity contribution in [3.8, 4) is 5.75 Å². The molecule has 0 bridgehead atoms. The molecule has 2 aromatic carbocycles. The third-order valence-corrected chi connectivity index (χ3v) is 6.13. The van der Waals surface area contributed by atoms with Crippen LogP contribution in [0.1, 0.15) is 43.6 Å². The highest BCUT2D eigenvalue weighted by molar-refractivity contribution is 5.92. The van der Waals surface area contributed by atoms with Crippen LogP contribution in [0.3, 0.4) is 0 Å². The number of nitrogens with zero attached hydrogens (tertiary/aromatic N) is 2. The molecule has 1 N–H and O–H groups in total. The van der Waals surface area contributed by atoms with Gasteiger partial charge in [0.15, 0.2) is 6.61 Å². The lowest BCUT2D eigenvalue weighted by Gasteiger charge is -2.28. The number of amides is 1. The molecule has 2 fully saturated rings. The van der Waals surface area contributed by atoms with Crippen molar-refractivity contribution in [2.75, 3.05) is 43.1 Å². The van der Waals surface area contributed by atoms with Gasteiger partial charge in [-0.25, -0.2) is 0 Å². The lowest BCUT2D eigenvalue weighted by molar-refractivity contribution is -0.384. The number of morpholine rings is 1. The molecule has 1 amide bonds. The van der Waals surface area contributed by atoms with Gasteiger partial charge in [0.1, 0.15) is 11.4 Å². The van der Waals surface area contributed by atoms with E-state index in [1.807, 2.05) is 17.0 Å². The van der Waals surface area contributed by atoms with Crippen LogP contribution >= 0.6 is 0 Å². The van der Waals surface area contributed by atoms with Gasteiger partial charge in [-0.1, -0.05) is 31.4 Å². The van der Waals surface area contributed by atoms with Crippen LogP contribution in [0.15, 0.2) is 42.5 Å². The van der Waals surface area contributed by atoms with Gasteiger partial charge in [0.05, 0.1) is 18.1 Å². The zero-order chi connectivity index (χ0) is 22.3. The van der Waals surface area contributed by atoms with Gasteiger partial charge in [-0.2, -0.15) is 0 Å². The van der Waals surface area contributed by atoms with Gasteiger partial charge >= 0.3 is 0 Å². The van der Waals surface area contributed by atoms with Crippen molar-refractivity contribution in [1.82, 2.24) is 0 Å². The van der Waals surface area contributed by atoms with Crippen LogP contribution in [0.25, 0.3) is 0 Å². The molecule has 8 nitrogen and oxygen atoms in total. The molecule has 0 aromatic heterocycles. The number of carbonyl (C=O) groups excluding carboxylic acids is 1. The van der Waals surface area contributed by atoms with Crippen LogP contribution in [0.2, 0.25) is 0 Å². The van der Waals surface area contributed by atoms with Gasteiger partial charge in [0.2, 0.25) is 0 Å². The van der Waals surface area contributed by atoms with Crippen molar-refractivity contribution in [2.45, 2.75) is 38.0 Å². The van der Waals surface area contributed by atoms with E-state index < -0.39 is 4.92 Å². The van der Waals surface area contributed by atoms with Gasteiger partial charge in [-0.3, -0.25) is 14.9 Å². The minimum atomic E-state index is -0.426. The molecule has 1 aliphatic carbocycles. The summed E-state index contributed by atoms with van der Waals surface area (Å²) in [5.41, 5.74) is 2.19. The maximum Gasteiger partial charge on any atom is 0.294 e. The molecule has 1 saturated heterocycles. The average Bonchev–Trinajstić information content (AvgIpc) is 2.84. The molecule has 4 rings (SSSR count). The predicted molar refractivity (Wildman–Crippen MR) is 123 cm³/mol. The van der Waals surface area contributed by atoms with E-state index in [1.54, 1.807) is 12.1 Å². The fraction of sp³-hybridized carbons (Fsp3) is 0.458. The molecule has 1 saturated carbocycles. The number of nitrogens with one attached hydrogen (secondary N) is 1. The largest absolute Gasteiger partial charge is 0.484 e. The van der Waals surface area contributed by atoms with Crippen molar-refractivity contribution < 1.29 is 19.2 Å². The van der Waals surface area contributed by atoms with Gasteiger partial charge in [0, 0.05) is 24.8 Å². The minimum Gasteiger partial charge on any atom is -0.484 e. The quantitative estimate of drug-likeness (QED) is 0.504. The minimum absolute atomic E-state index is 0.0380. The molecule has 170 valence electrons. The number of rotatable bonds is 7. The Hall–Kier alpha value is -3.13. The standard InChI is InChI=1S/C24H29N3O5/c28-24(17-32-21-9-6-19(7-10-21)18-4-2-1-3-5-18)25-20-8-11-22(23(16-20)27(29)30)26-12-14-31-15-13-26/h6-11,16,18H,1-5,12-15,17H2,(H,25,28). The molecular weight excluding hydrogens is 410 g/mol. The summed E-state index contributed by atoms with van der Waals surface area (Å²) in [6, 6.07) is 12.7. The van der Waals surface area contributed by atoms with Gasteiger partial charge in [0.25, 0.3) is 11.6 Å². The van der Waals surface area contributed by atoms with Gasteiger partial charge < -0.3 is 19.7 Å². The number of benzene rings is 2. The number of carbonyl (C=O) groups is 1. The molecule has 0 atom stereocenters. The second-order valence-electron chi connectivity index (χ2n) is 8.30. The molecular formula is C24H29N3O5. The Bertz CT molecular complexity index is 935. The fourth-order valence-corrected chi connectivity index (χ4v) is 4.44. The van der Waals surface area contributed by atoms with E-state index in [0.717, 1.165) is 0 Å². The zero-order valence-corrected chi connectivity index (χ0v) is 18.1. The predicted octanol–water partition coefficient (Wildman–Crippen LogP) is 4.50. The summed E-state index contributed by atoms with van der Waals surface area (Å²) >= 11 is 0. The number of hydrogen-bond donors (Lipinski definition) is 1. The van der Waals surface area contributed by atoms with E-state index in [9.17, 15) is 14.9 Å². The number of hydrogen-bond acceptors (Lipinski definition) is 6. The number of anilines is 2. The van der Waals surface area contributed by atoms with E-state index in [1.165, 1.54) is 43.7 Å². The second-order valence-corrected chi connectivity index (χ2v) is 8.30. The average molecular weight is 440 g/mol. The topological polar surface area (TPSA) is 93.9 Å². The first-order chi connectivity index (χ1) is 15.6. The lowest BCUT2D eigenvalue weighted by atomic mass is 9.84. The van der Waals surface area contributed by atoms with Crippen molar-refractivity contribution in [2.24, 2.45) is 0 Å². The molecule has 2 aromatic rings. The summed E-state index contributed by atoms with van der Waals surface area (Å²) in [7, 11) is 0. The third-order valence-electron chi connectivity index (χ3n) is 6.13. The second kappa shape index (κ2) is 10.5. The number of ether oxygens (including phenoxy) is 2. The van der Waals surface area contributed by atoms with Gasteiger partial charge in [-0.05, 0) is 48.6 Å². The van der Waals surface area contributed by atoms with Crippen LogP contribution in [0, 0.1) is 10.1 Å². The molecule has 0 spiro atoms. The van der Waals surface area contributed by atoms with Crippen molar-refractivity contribution in [1.29, 1.82) is 0 Å². The first-order valence-corrected chi connectivity index (χ1v) is 11.2. The van der Waals surface area contributed by atoms with E-state index in [-0.39, 0.29) is 18.2 Å². The first-order valence-electron chi connectivity index (χ1n) is 11.2. The Morgan fingerprint density at radius 1 is 1.09 bits per heavy atom. The monoisotopic (exact) mass is 439 g/mol. The maximum atomic E-state index is 12.3. The van der Waals surface area contributed by atoms with Crippen LogP contribution in [0.5, 0.6) is 5.75 Å². The zero-order valence-electron chi connectivity index (χ0n) is 18.1. The molecule has 0 unspecified atom stereocenters. The Balaban J connectivity index is 1.33. The summed E-state index contributed by atoms with van der Waals surface area (Å²) in [4.78, 5) is 25.4. The summed E-state index contributed by atoms with van der Waals surface area (Å²) < 4.78 is 10.9. The molecule has 1 heterocycles. The highest BCUT2D eigenvalue weighted by Crippen LogP contribution is 2.33. The normalized spacial score (nSPS) is 17.1. The molecule has 0 radical (unpaired) electrons. The summed E-state index contributed by atoms with van der Waals surface area (Å²) in [5, 5.41) is 14.3. The maximum absolute atomic E-state index is 12.3. The summed E-state index contributed by atoms with van der Waals surface area (Å²) in [6.07, 6.45) is 6.37. The van der Waals surface area contributed by atoms with Crippen molar-refractivity contribution in [3.05, 3.63) is 58.1 Å². The third kappa shape index (κ3) is 5.56. The van der Waals surface area contributed by atoms with E-state index in [4.69, 9.17) is 9.47 Å². The number of nitro groups is 1. The highest BCUT2D eigenvalue weighted by Gasteiger charge is 2.22. The first kappa shape index (κ1) is 22.1. The summed E-state index contributed by atoms with van der Waals surface area (Å²) in [5.74, 6) is 0.889. The van der Waals surface area contributed by atoms with Crippen LogP contribution in [-0.2, 0) is 9.53 Å². The fourth-order valence-electron chi connectivity index (χ4n) is 4.44. The Morgan fingerprint density at radius 2 is 1.81 bits per heavy atom. The Morgan fingerprint density at radius 3 is 2.50 bits per heavy atom. The lowest BCUT2D eigenvalue weighted by Crippen LogP contribution is -2.36. The van der Waals surface area contributed by atoms with Crippen LogP contribution < -0.4 is 15.0 Å². The molecule has 8 heteroatoms. The van der Waals surface area contributed by atoms with E-state index in [2.05, 4.69) is 17.4 Å². The van der Waals surface area contributed by atoms with E-state index >= 15 is 0 Å². The Labute approximate surface area is 187 Å². The van der Waals surface area contributed by atoms with Crippen molar-refractivity contribution >= 4 is 23.0 Å². The molecule has 32 heavy (non-hydrogen) atoms. The van der Waals surface area contributed by atoms with E-state index in [0.29, 0.717) is 49.3 Å². The Kier molecular flexibility index (Phi) is 7.21.